The first-order valence-corrected chi connectivity index (χ1v) is 24.5. The molecule has 0 N–H and O–H groups in total. The van der Waals surface area contributed by atoms with Crippen LogP contribution in [0, 0.1) is 0 Å². The second kappa shape index (κ2) is 15.5. The van der Waals surface area contributed by atoms with Gasteiger partial charge in [0.1, 0.15) is 0 Å². The van der Waals surface area contributed by atoms with Crippen molar-refractivity contribution in [3.63, 3.8) is 0 Å². The SMILES string of the molecule is CC(C)(C)c1cc2ccc3ccc(-c4ccc(-c5ccc(-c6ccc(-c7ccc8c(c7)C(C)(C)c7cc(-c9ccc(-c%10cccc%11ccccc%10%11)cc9)ccc7-8)cc6)cc5)cc4)c4ccc(c1)c2c34. The van der Waals surface area contributed by atoms with E-state index in [-0.39, 0.29) is 10.8 Å². The van der Waals surface area contributed by atoms with Crippen molar-refractivity contribution in [2.75, 3.05) is 0 Å². The lowest BCUT2D eigenvalue weighted by Crippen LogP contribution is -2.15. The number of fused-ring (bicyclic) bond motifs is 4. The van der Waals surface area contributed by atoms with Gasteiger partial charge in [-0.05, 0) is 155 Å². The Kier molecular flexibility index (Phi) is 9.24. The molecule has 0 aromatic heterocycles. The largest absolute Gasteiger partial charge is 0.0616 e. The smallest absolute Gasteiger partial charge is 0.0159 e. The van der Waals surface area contributed by atoms with Crippen LogP contribution in [0.25, 0.3) is 121 Å². The fourth-order valence-electron chi connectivity index (χ4n) is 11.5. The second-order valence-corrected chi connectivity index (χ2v) is 20.9. The topological polar surface area (TPSA) is 0 Å². The summed E-state index contributed by atoms with van der Waals surface area (Å²) in [6, 6.07) is 84.3. The molecule has 0 aliphatic heterocycles. The first-order valence-electron chi connectivity index (χ1n) is 24.5. The first kappa shape index (κ1) is 41.2. The molecule has 0 saturated heterocycles. The van der Waals surface area contributed by atoms with E-state index in [4.69, 9.17) is 0 Å². The summed E-state index contributed by atoms with van der Waals surface area (Å²) in [6.07, 6.45) is 0. The van der Waals surface area contributed by atoms with Crippen molar-refractivity contribution in [1.29, 1.82) is 0 Å². The number of hydrogen-bond acceptors (Lipinski definition) is 0. The van der Waals surface area contributed by atoms with E-state index in [0.717, 1.165) is 0 Å². The molecule has 0 heterocycles. The van der Waals surface area contributed by atoms with Crippen LogP contribution in [0.15, 0.2) is 224 Å². The van der Waals surface area contributed by atoms with Crippen LogP contribution in [-0.2, 0) is 10.8 Å². The normalized spacial score (nSPS) is 13.1. The summed E-state index contributed by atoms with van der Waals surface area (Å²) in [4.78, 5) is 0. The summed E-state index contributed by atoms with van der Waals surface area (Å²) in [6.45, 7) is 11.7. The number of rotatable bonds is 6. The van der Waals surface area contributed by atoms with Crippen molar-refractivity contribution in [3.8, 4) is 77.9 Å². The molecule has 1 aliphatic carbocycles. The van der Waals surface area contributed by atoms with Crippen molar-refractivity contribution >= 4 is 43.1 Å². The van der Waals surface area contributed by atoms with Crippen LogP contribution in [0.1, 0.15) is 51.3 Å². The molecule has 0 bridgehead atoms. The monoisotopic (exact) mass is 880 g/mol. The van der Waals surface area contributed by atoms with Crippen LogP contribution < -0.4 is 0 Å². The number of hydrogen-bond donors (Lipinski definition) is 0. The molecule has 0 unspecified atom stereocenters. The Labute approximate surface area is 405 Å². The van der Waals surface area contributed by atoms with Crippen LogP contribution in [0.4, 0.5) is 0 Å². The summed E-state index contributed by atoms with van der Waals surface area (Å²) in [5.41, 5.74) is 21.7. The maximum Gasteiger partial charge on any atom is 0.0159 e. The third kappa shape index (κ3) is 6.81. The van der Waals surface area contributed by atoms with E-state index in [2.05, 4.69) is 259 Å². The maximum atomic E-state index is 2.43. The Morgan fingerprint density at radius 1 is 0.275 bits per heavy atom. The quantitative estimate of drug-likeness (QED) is 0.146. The lowest BCUT2D eigenvalue weighted by atomic mass is 9.80. The van der Waals surface area contributed by atoms with Gasteiger partial charge in [0.25, 0.3) is 0 Å². The van der Waals surface area contributed by atoms with E-state index in [0.29, 0.717) is 0 Å². The molecule has 0 fully saturated rings. The van der Waals surface area contributed by atoms with Crippen LogP contribution in [0.3, 0.4) is 0 Å². The average molecular weight is 881 g/mol. The van der Waals surface area contributed by atoms with Gasteiger partial charge in [-0.25, -0.2) is 0 Å². The second-order valence-electron chi connectivity index (χ2n) is 20.9. The maximum absolute atomic E-state index is 2.43. The molecule has 328 valence electrons. The Hall–Kier alpha value is -8.06. The molecule has 1 aliphatic rings. The molecule has 0 radical (unpaired) electrons. The van der Waals surface area contributed by atoms with Crippen LogP contribution >= 0.6 is 0 Å². The predicted octanol–water partition coefficient (Wildman–Crippen LogP) is 19.3. The van der Waals surface area contributed by atoms with Gasteiger partial charge in [0.15, 0.2) is 0 Å². The molecular formula is C69H52. The average Bonchev–Trinajstić information content (AvgIpc) is 3.62. The zero-order valence-corrected chi connectivity index (χ0v) is 39.9. The number of benzene rings is 12. The minimum absolute atomic E-state index is 0.101. The molecule has 0 nitrogen and oxygen atoms in total. The minimum Gasteiger partial charge on any atom is -0.0616 e. The van der Waals surface area contributed by atoms with Gasteiger partial charge in [0.2, 0.25) is 0 Å². The molecule has 0 heteroatoms. The van der Waals surface area contributed by atoms with E-state index >= 15 is 0 Å². The first-order chi connectivity index (χ1) is 33.5. The minimum atomic E-state index is -0.123. The van der Waals surface area contributed by atoms with E-state index in [9.17, 15) is 0 Å². The van der Waals surface area contributed by atoms with Crippen LogP contribution in [-0.4, -0.2) is 0 Å². The molecule has 0 saturated carbocycles. The predicted molar refractivity (Wildman–Crippen MR) is 297 cm³/mol. The molecule has 0 atom stereocenters. The Morgan fingerprint density at radius 3 is 1.19 bits per heavy atom. The van der Waals surface area contributed by atoms with Gasteiger partial charge in [-0.1, -0.05) is 247 Å². The third-order valence-electron chi connectivity index (χ3n) is 15.4. The summed E-state index contributed by atoms with van der Waals surface area (Å²) in [5, 5.41) is 10.5. The standard InChI is InChI=1S/C69H52/c1-68(2,3)57-39-55-30-29-52-31-35-60(63-38-34-56(40-57)66(55)67(52)63)51-25-21-46(22-26-51)44-15-13-43(14-16-44)45-17-19-47(20-18-45)53-32-36-61-62-37-33-54(42-65(62)69(4,5)64(61)41-53)48-23-27-50(28-24-48)59-12-8-10-49-9-6-7-11-58(49)59/h6-42H,1-5H3. The summed E-state index contributed by atoms with van der Waals surface area (Å²) >= 11 is 0. The molecule has 0 spiro atoms. The van der Waals surface area contributed by atoms with E-state index < -0.39 is 0 Å². The molecule has 12 aromatic carbocycles. The highest BCUT2D eigenvalue weighted by Gasteiger charge is 2.36. The van der Waals surface area contributed by atoms with Crippen molar-refractivity contribution in [2.45, 2.75) is 45.4 Å². The molecule has 0 amide bonds. The Morgan fingerprint density at radius 2 is 0.667 bits per heavy atom. The highest BCUT2D eigenvalue weighted by molar-refractivity contribution is 6.25. The molecular weight excluding hydrogens is 829 g/mol. The van der Waals surface area contributed by atoms with Gasteiger partial charge < -0.3 is 0 Å². The third-order valence-corrected chi connectivity index (χ3v) is 15.4. The van der Waals surface area contributed by atoms with Gasteiger partial charge in [-0.2, -0.15) is 0 Å². The lowest BCUT2D eigenvalue weighted by molar-refractivity contribution is 0.591. The van der Waals surface area contributed by atoms with Crippen molar-refractivity contribution < 1.29 is 0 Å². The van der Waals surface area contributed by atoms with E-state index in [1.54, 1.807) is 0 Å². The zero-order valence-electron chi connectivity index (χ0n) is 39.9. The zero-order chi connectivity index (χ0) is 46.6. The Bertz CT molecular complexity index is 3930. The van der Waals surface area contributed by atoms with Gasteiger partial charge in [0, 0.05) is 5.41 Å². The molecule has 13 rings (SSSR count). The van der Waals surface area contributed by atoms with E-state index in [1.807, 2.05) is 0 Å². The summed E-state index contributed by atoms with van der Waals surface area (Å²) in [7, 11) is 0. The summed E-state index contributed by atoms with van der Waals surface area (Å²) in [5.74, 6) is 0. The fourth-order valence-corrected chi connectivity index (χ4v) is 11.5. The fraction of sp³-hybridized carbons (Fsp3) is 0.101. The van der Waals surface area contributed by atoms with Crippen molar-refractivity contribution in [3.05, 3.63) is 241 Å². The highest BCUT2D eigenvalue weighted by atomic mass is 14.4. The highest BCUT2D eigenvalue weighted by Crippen LogP contribution is 2.51. The Balaban J connectivity index is 0.721. The van der Waals surface area contributed by atoms with Crippen LogP contribution in [0.2, 0.25) is 0 Å². The van der Waals surface area contributed by atoms with Crippen molar-refractivity contribution in [2.24, 2.45) is 0 Å². The van der Waals surface area contributed by atoms with Gasteiger partial charge in [-0.15, -0.1) is 0 Å². The van der Waals surface area contributed by atoms with Crippen LogP contribution in [0.5, 0.6) is 0 Å². The molecule has 12 aromatic rings. The summed E-state index contributed by atoms with van der Waals surface area (Å²) < 4.78 is 0. The van der Waals surface area contributed by atoms with Gasteiger partial charge in [0.05, 0.1) is 0 Å². The van der Waals surface area contributed by atoms with E-state index in [1.165, 1.54) is 138 Å². The van der Waals surface area contributed by atoms with Crippen molar-refractivity contribution in [1.82, 2.24) is 0 Å². The van der Waals surface area contributed by atoms with Gasteiger partial charge >= 0.3 is 0 Å². The lowest BCUT2D eigenvalue weighted by Gasteiger charge is -2.22. The van der Waals surface area contributed by atoms with Gasteiger partial charge in [-0.3, -0.25) is 0 Å². The molecule has 69 heavy (non-hydrogen) atoms.